The van der Waals surface area contributed by atoms with Crippen LogP contribution in [0.4, 0.5) is 11.6 Å². The van der Waals surface area contributed by atoms with Gasteiger partial charge >= 0.3 is 0 Å². The Morgan fingerprint density at radius 3 is 1.69 bits per heavy atom. The first-order valence-corrected chi connectivity index (χ1v) is 18.6. The van der Waals surface area contributed by atoms with Crippen LogP contribution in [0, 0.1) is 22.7 Å². The molecule has 2 saturated heterocycles. The van der Waals surface area contributed by atoms with Gasteiger partial charge in [-0.05, 0) is 61.6 Å². The van der Waals surface area contributed by atoms with Gasteiger partial charge in [0.2, 0.25) is 0 Å². The van der Waals surface area contributed by atoms with Gasteiger partial charge in [-0.1, -0.05) is 30.3 Å². The first-order chi connectivity index (χ1) is 26.9. The fourth-order valence-electron chi connectivity index (χ4n) is 8.34. The molecule has 4 fully saturated rings. The zero-order valence-corrected chi connectivity index (χ0v) is 30.1. The minimum atomic E-state index is -0.161. The number of benzene rings is 2. The fraction of sp³-hybridized carbons (Fsp3) is 0.317. The Bertz CT molecular complexity index is 2520. The van der Waals surface area contributed by atoms with Crippen LogP contribution in [0.5, 0.6) is 0 Å². The average molecular weight is 731 g/mol. The molecule has 6 aromatic rings. The number of hydrogen-bond donors (Lipinski definition) is 2. The molecule has 2 N–H and O–H groups in total. The van der Waals surface area contributed by atoms with E-state index in [0.29, 0.717) is 36.3 Å². The quantitative estimate of drug-likeness (QED) is 0.249. The molecule has 274 valence electrons. The van der Waals surface area contributed by atoms with Crippen LogP contribution in [0.25, 0.3) is 22.1 Å². The predicted octanol–water partition coefficient (Wildman–Crippen LogP) is 4.84. The van der Waals surface area contributed by atoms with E-state index in [1.54, 1.807) is 30.9 Å². The Morgan fingerprint density at radius 2 is 1.16 bits per heavy atom. The van der Waals surface area contributed by atoms with Crippen LogP contribution < -0.4 is 9.80 Å². The summed E-state index contributed by atoms with van der Waals surface area (Å²) in [6.45, 7) is 4.23. The second kappa shape index (κ2) is 13.6. The van der Waals surface area contributed by atoms with Crippen LogP contribution >= 0.6 is 0 Å². The Hall–Kier alpha value is -6.80. The van der Waals surface area contributed by atoms with Crippen molar-refractivity contribution in [1.29, 1.82) is 10.5 Å². The van der Waals surface area contributed by atoms with E-state index in [0.717, 1.165) is 84.6 Å². The van der Waals surface area contributed by atoms with E-state index >= 15 is 0 Å². The number of nitrogens with one attached hydrogen (secondary N) is 2. The number of amides is 2. The van der Waals surface area contributed by atoms with Crippen molar-refractivity contribution in [2.45, 2.75) is 43.2 Å². The Morgan fingerprint density at radius 1 is 0.655 bits per heavy atom. The molecule has 0 unspecified atom stereocenters. The van der Waals surface area contributed by atoms with Gasteiger partial charge in [0, 0.05) is 57.2 Å². The van der Waals surface area contributed by atoms with Gasteiger partial charge in [0.15, 0.2) is 0 Å². The molecule has 14 heteroatoms. The summed E-state index contributed by atoms with van der Waals surface area (Å²) in [5.74, 6) is 1.84. The van der Waals surface area contributed by atoms with Gasteiger partial charge in [0.1, 0.15) is 35.6 Å². The monoisotopic (exact) mass is 730 g/mol. The highest BCUT2D eigenvalue weighted by Crippen LogP contribution is 2.47. The van der Waals surface area contributed by atoms with Crippen molar-refractivity contribution in [3.8, 4) is 12.1 Å². The van der Waals surface area contributed by atoms with Gasteiger partial charge in [-0.25, -0.2) is 19.9 Å². The van der Waals surface area contributed by atoms with Crippen LogP contribution in [0.1, 0.15) is 57.5 Å². The normalized spacial score (nSPS) is 17.8. The first-order valence-electron chi connectivity index (χ1n) is 18.6. The molecule has 2 spiro atoms. The molecule has 55 heavy (non-hydrogen) atoms. The van der Waals surface area contributed by atoms with E-state index in [1.807, 2.05) is 64.7 Å². The lowest BCUT2D eigenvalue weighted by molar-refractivity contribution is 0.0615. The molecule has 0 bridgehead atoms. The molecule has 4 aliphatic rings. The number of carbonyl (C=O) groups is 2. The van der Waals surface area contributed by atoms with Gasteiger partial charge in [0.05, 0.1) is 51.5 Å². The summed E-state index contributed by atoms with van der Waals surface area (Å²) in [7, 11) is 0. The number of nitriles is 2. The zero-order valence-electron chi connectivity index (χ0n) is 30.1. The molecule has 2 amide bonds. The number of carbonyl (C=O) groups excluding carboxylic acids is 2. The molecule has 6 heterocycles. The van der Waals surface area contributed by atoms with Crippen molar-refractivity contribution in [3.63, 3.8) is 0 Å². The van der Waals surface area contributed by atoms with E-state index in [1.165, 1.54) is 0 Å². The minimum absolute atomic E-state index is 0.0393. The van der Waals surface area contributed by atoms with E-state index in [4.69, 9.17) is 5.26 Å². The fourth-order valence-corrected chi connectivity index (χ4v) is 8.34. The maximum atomic E-state index is 13.3. The maximum absolute atomic E-state index is 13.3. The summed E-state index contributed by atoms with van der Waals surface area (Å²) < 4.78 is 0. The van der Waals surface area contributed by atoms with Crippen molar-refractivity contribution >= 4 is 45.5 Å². The summed E-state index contributed by atoms with van der Waals surface area (Å²) in [5, 5.41) is 20.4. The highest BCUT2D eigenvalue weighted by atomic mass is 16.2. The number of hydrogen-bond acceptors (Lipinski definition) is 10. The number of H-pyrrole nitrogens is 2. The van der Waals surface area contributed by atoms with Crippen molar-refractivity contribution < 1.29 is 9.59 Å². The molecule has 2 saturated carbocycles. The number of rotatable bonds is 5. The molecule has 2 aliphatic heterocycles. The van der Waals surface area contributed by atoms with Crippen molar-refractivity contribution in [2.24, 2.45) is 0 Å². The number of anilines is 2. The summed E-state index contributed by atoms with van der Waals surface area (Å²) in [4.78, 5) is 58.8. The van der Waals surface area contributed by atoms with E-state index in [2.05, 4.69) is 51.8 Å². The van der Waals surface area contributed by atoms with Crippen molar-refractivity contribution in [3.05, 3.63) is 108 Å². The van der Waals surface area contributed by atoms with E-state index in [9.17, 15) is 14.9 Å². The first kappa shape index (κ1) is 34.0. The van der Waals surface area contributed by atoms with Crippen LogP contribution in [0.2, 0.25) is 0 Å². The topological polar surface area (TPSA) is 178 Å². The van der Waals surface area contributed by atoms with Crippen molar-refractivity contribution in [1.82, 2.24) is 39.7 Å². The molecular weight excluding hydrogens is 693 g/mol. The standard InChI is InChI=1S/C21H20N6O.C20H18N6O/c22-9-5-15-3-1-2-4-16(15)20(28)27-12-11-26(13-21(27)7-8-21)19-17-6-10-23-18(17)24-14-25-19;21-11-14-3-1-2-4-15(14)19(27)26-10-9-25(12-20(26)6-7-20)18-16-5-8-22-17(16)23-13-24-18/h1-4,6,10,14H,5,7-8,11-13H2,(H,23,24,25);1-5,8,13H,6-7,9-10,12H2,(H,22,23,24). The summed E-state index contributed by atoms with van der Waals surface area (Å²) >= 11 is 0. The zero-order chi connectivity index (χ0) is 37.6. The Kier molecular flexibility index (Phi) is 8.38. The number of fused-ring (bicyclic) bond motifs is 2. The third kappa shape index (κ3) is 6.05. The van der Waals surface area contributed by atoms with Crippen LogP contribution in [-0.2, 0) is 6.42 Å². The van der Waals surface area contributed by atoms with Gasteiger partial charge in [0.25, 0.3) is 11.8 Å². The largest absolute Gasteiger partial charge is 0.352 e. The molecule has 0 atom stereocenters. The summed E-state index contributed by atoms with van der Waals surface area (Å²) in [5.41, 5.74) is 3.75. The SMILES string of the molecule is N#CCc1ccccc1C(=O)N1CCN(c2ncnc3[nH]ccc23)CC12CC2.N#Cc1ccccc1C(=O)N1CCN(c2ncnc3[nH]ccc23)CC12CC2. The molecule has 14 nitrogen and oxygen atoms in total. The number of aromatic amines is 2. The van der Waals surface area contributed by atoms with Gasteiger partial charge < -0.3 is 29.6 Å². The highest BCUT2D eigenvalue weighted by Gasteiger charge is 2.55. The lowest BCUT2D eigenvalue weighted by Gasteiger charge is -2.43. The smallest absolute Gasteiger partial charge is 0.255 e. The third-order valence-electron chi connectivity index (χ3n) is 11.5. The number of aromatic nitrogens is 6. The Labute approximate surface area is 317 Å². The molecule has 0 radical (unpaired) electrons. The van der Waals surface area contributed by atoms with Crippen LogP contribution in [0.15, 0.2) is 85.7 Å². The van der Waals surface area contributed by atoms with Gasteiger partial charge in [-0.3, -0.25) is 9.59 Å². The Balaban J connectivity index is 0.000000144. The minimum Gasteiger partial charge on any atom is -0.352 e. The second-order valence-electron chi connectivity index (χ2n) is 14.7. The molecule has 4 aromatic heterocycles. The van der Waals surface area contributed by atoms with Crippen LogP contribution in [-0.4, -0.2) is 102 Å². The van der Waals surface area contributed by atoms with Gasteiger partial charge in [-0.15, -0.1) is 0 Å². The third-order valence-corrected chi connectivity index (χ3v) is 11.5. The number of piperazine rings is 2. The molecule has 2 aliphatic carbocycles. The summed E-state index contributed by atoms with van der Waals surface area (Å²) in [6.07, 6.45) is 11.1. The highest BCUT2D eigenvalue weighted by molar-refractivity contribution is 5.98. The molecular formula is C41H38N12O2. The van der Waals surface area contributed by atoms with E-state index < -0.39 is 0 Å². The maximum Gasteiger partial charge on any atom is 0.255 e. The summed E-state index contributed by atoms with van der Waals surface area (Å²) in [6, 6.07) is 22.8. The lowest BCUT2D eigenvalue weighted by Crippen LogP contribution is -2.57. The van der Waals surface area contributed by atoms with Crippen LogP contribution in [0.3, 0.4) is 0 Å². The van der Waals surface area contributed by atoms with Gasteiger partial charge in [-0.2, -0.15) is 10.5 Å². The molecule has 10 rings (SSSR count). The average Bonchev–Trinajstić information content (AvgIpc) is 4.02. The molecule has 2 aromatic carbocycles. The predicted molar refractivity (Wildman–Crippen MR) is 205 cm³/mol. The van der Waals surface area contributed by atoms with E-state index in [-0.39, 0.29) is 29.3 Å². The second-order valence-corrected chi connectivity index (χ2v) is 14.7. The lowest BCUT2D eigenvalue weighted by atomic mass is 10.0. The number of nitrogens with zero attached hydrogens (tertiary/aromatic N) is 10. The van der Waals surface area contributed by atoms with Crippen molar-refractivity contribution in [2.75, 3.05) is 49.1 Å².